The van der Waals surface area contributed by atoms with E-state index < -0.39 is 0 Å². The lowest BCUT2D eigenvalue weighted by Crippen LogP contribution is -2.21. The van der Waals surface area contributed by atoms with Crippen molar-refractivity contribution < 1.29 is 23.8 Å². The molecule has 5 heteroatoms. The van der Waals surface area contributed by atoms with Gasteiger partial charge in [0.2, 0.25) is 0 Å². The summed E-state index contributed by atoms with van der Waals surface area (Å²) in [7, 11) is 1.62. The zero-order chi connectivity index (χ0) is 17.8. The molecule has 0 heterocycles. The lowest BCUT2D eigenvalue weighted by Gasteiger charge is -2.21. The standard InChI is InChI=1S/C19H26O5/c1-4-23-19(21)12-7-15(2)18(6-5-13-20)24-14-16-8-10-17(22-3)11-9-16/h7-13,15,18H,4-6,14H2,1-3H3/t15-,18-/m1/s1. The second-order valence-electron chi connectivity index (χ2n) is 5.41. The summed E-state index contributed by atoms with van der Waals surface area (Å²) in [5, 5.41) is 0. The fraction of sp³-hybridized carbons (Fsp3) is 0.474. The van der Waals surface area contributed by atoms with Crippen LogP contribution in [-0.2, 0) is 25.7 Å². The topological polar surface area (TPSA) is 61.8 Å². The Balaban J connectivity index is 2.62. The Hall–Kier alpha value is -2.14. The normalized spacial score (nSPS) is 13.5. The van der Waals surface area contributed by atoms with Gasteiger partial charge in [-0.25, -0.2) is 4.79 Å². The van der Waals surface area contributed by atoms with Gasteiger partial charge in [-0.05, 0) is 31.0 Å². The van der Waals surface area contributed by atoms with Crippen LogP contribution in [0, 0.1) is 5.92 Å². The Bertz CT molecular complexity index is 521. The first kappa shape index (κ1) is 19.9. The van der Waals surface area contributed by atoms with Crippen LogP contribution in [-0.4, -0.2) is 32.1 Å². The number of hydrogen-bond acceptors (Lipinski definition) is 5. The van der Waals surface area contributed by atoms with Gasteiger partial charge in [0.15, 0.2) is 0 Å². The first-order chi connectivity index (χ1) is 11.6. The maximum atomic E-state index is 11.4. The number of methoxy groups -OCH3 is 1. The molecule has 0 spiro atoms. The van der Waals surface area contributed by atoms with E-state index in [9.17, 15) is 9.59 Å². The van der Waals surface area contributed by atoms with Crippen LogP contribution in [0.3, 0.4) is 0 Å². The molecule has 0 radical (unpaired) electrons. The lowest BCUT2D eigenvalue weighted by atomic mass is 9.99. The maximum absolute atomic E-state index is 11.4. The van der Waals surface area contributed by atoms with Gasteiger partial charge in [0, 0.05) is 18.4 Å². The molecule has 0 aromatic heterocycles. The summed E-state index contributed by atoms with van der Waals surface area (Å²) in [6, 6.07) is 7.63. The molecule has 24 heavy (non-hydrogen) atoms. The summed E-state index contributed by atoms with van der Waals surface area (Å²) >= 11 is 0. The second kappa shape index (κ2) is 11.4. The quantitative estimate of drug-likeness (QED) is 0.353. The van der Waals surface area contributed by atoms with Crippen LogP contribution in [0.1, 0.15) is 32.3 Å². The SMILES string of the molecule is CCOC(=O)C=C[C@@H](C)[C@@H](CCC=O)OCc1ccc(OC)cc1. The van der Waals surface area contributed by atoms with E-state index in [0.29, 0.717) is 26.1 Å². The van der Waals surface area contributed by atoms with Crippen LogP contribution in [0.2, 0.25) is 0 Å². The van der Waals surface area contributed by atoms with Gasteiger partial charge in [0.25, 0.3) is 0 Å². The van der Waals surface area contributed by atoms with Gasteiger partial charge in [-0.2, -0.15) is 0 Å². The Morgan fingerprint density at radius 3 is 2.54 bits per heavy atom. The monoisotopic (exact) mass is 334 g/mol. The van der Waals surface area contributed by atoms with Crippen molar-refractivity contribution in [2.75, 3.05) is 13.7 Å². The van der Waals surface area contributed by atoms with E-state index in [4.69, 9.17) is 14.2 Å². The molecule has 0 saturated heterocycles. The summed E-state index contributed by atoms with van der Waals surface area (Å²) in [6.45, 7) is 4.50. The average Bonchev–Trinajstić information content (AvgIpc) is 2.60. The third kappa shape index (κ3) is 7.42. The van der Waals surface area contributed by atoms with E-state index in [1.54, 1.807) is 20.1 Å². The van der Waals surface area contributed by atoms with E-state index in [0.717, 1.165) is 17.6 Å². The van der Waals surface area contributed by atoms with Crippen molar-refractivity contribution in [2.24, 2.45) is 5.92 Å². The maximum Gasteiger partial charge on any atom is 0.330 e. The van der Waals surface area contributed by atoms with Gasteiger partial charge in [0.1, 0.15) is 12.0 Å². The molecule has 1 aromatic rings. The van der Waals surface area contributed by atoms with Crippen molar-refractivity contribution in [1.82, 2.24) is 0 Å². The van der Waals surface area contributed by atoms with Crippen molar-refractivity contribution in [3.8, 4) is 5.75 Å². The van der Waals surface area contributed by atoms with Crippen LogP contribution in [0.15, 0.2) is 36.4 Å². The molecule has 0 N–H and O–H groups in total. The van der Waals surface area contributed by atoms with Crippen molar-refractivity contribution in [3.05, 3.63) is 42.0 Å². The van der Waals surface area contributed by atoms with Gasteiger partial charge in [-0.3, -0.25) is 0 Å². The predicted octanol–water partition coefficient (Wildman–Crippen LogP) is 3.31. The van der Waals surface area contributed by atoms with Crippen molar-refractivity contribution in [2.45, 2.75) is 39.4 Å². The number of aldehydes is 1. The first-order valence-electron chi connectivity index (χ1n) is 8.13. The number of hydrogen-bond donors (Lipinski definition) is 0. The smallest absolute Gasteiger partial charge is 0.330 e. The highest BCUT2D eigenvalue weighted by Gasteiger charge is 2.16. The van der Waals surface area contributed by atoms with Gasteiger partial charge >= 0.3 is 5.97 Å². The number of carbonyl (C=O) groups excluding carboxylic acids is 2. The van der Waals surface area contributed by atoms with Crippen molar-refractivity contribution >= 4 is 12.3 Å². The molecule has 0 bridgehead atoms. The Morgan fingerprint density at radius 1 is 1.25 bits per heavy atom. The number of ether oxygens (including phenoxy) is 3. The Labute approximate surface area is 143 Å². The average molecular weight is 334 g/mol. The molecule has 1 aromatic carbocycles. The minimum atomic E-state index is -0.367. The second-order valence-corrected chi connectivity index (χ2v) is 5.41. The van der Waals surface area contributed by atoms with E-state index in [2.05, 4.69) is 0 Å². The Morgan fingerprint density at radius 2 is 1.96 bits per heavy atom. The molecule has 5 nitrogen and oxygen atoms in total. The highest BCUT2D eigenvalue weighted by molar-refractivity contribution is 5.81. The highest BCUT2D eigenvalue weighted by atomic mass is 16.5. The largest absolute Gasteiger partial charge is 0.497 e. The van der Waals surface area contributed by atoms with Crippen LogP contribution in [0.25, 0.3) is 0 Å². The van der Waals surface area contributed by atoms with E-state index in [-0.39, 0.29) is 18.0 Å². The van der Waals surface area contributed by atoms with E-state index in [1.165, 1.54) is 6.08 Å². The fourth-order valence-electron chi connectivity index (χ4n) is 2.20. The molecule has 0 unspecified atom stereocenters. The lowest BCUT2D eigenvalue weighted by molar-refractivity contribution is -0.137. The minimum Gasteiger partial charge on any atom is -0.497 e. The summed E-state index contributed by atoms with van der Waals surface area (Å²) in [4.78, 5) is 22.1. The van der Waals surface area contributed by atoms with Crippen LogP contribution in [0.4, 0.5) is 0 Å². The summed E-state index contributed by atoms with van der Waals surface area (Å²) < 4.78 is 16.0. The third-order valence-corrected chi connectivity index (χ3v) is 3.60. The molecule has 0 aliphatic heterocycles. The molecule has 0 amide bonds. The molecule has 0 aliphatic rings. The number of benzene rings is 1. The van der Waals surface area contributed by atoms with Crippen LogP contribution in [0.5, 0.6) is 5.75 Å². The zero-order valence-corrected chi connectivity index (χ0v) is 14.6. The molecular weight excluding hydrogens is 308 g/mol. The van der Waals surface area contributed by atoms with E-state index >= 15 is 0 Å². The molecule has 0 fully saturated rings. The molecule has 0 saturated carbocycles. The number of esters is 1. The summed E-state index contributed by atoms with van der Waals surface area (Å²) in [5.74, 6) is 0.420. The minimum absolute atomic E-state index is 0.00685. The molecular formula is C19H26O5. The fourth-order valence-corrected chi connectivity index (χ4v) is 2.20. The number of carbonyl (C=O) groups is 2. The van der Waals surface area contributed by atoms with Crippen molar-refractivity contribution in [3.63, 3.8) is 0 Å². The van der Waals surface area contributed by atoms with Crippen LogP contribution >= 0.6 is 0 Å². The van der Waals surface area contributed by atoms with Crippen molar-refractivity contribution in [1.29, 1.82) is 0 Å². The molecule has 2 atom stereocenters. The molecule has 0 aliphatic carbocycles. The predicted molar refractivity (Wildman–Crippen MR) is 91.8 cm³/mol. The van der Waals surface area contributed by atoms with Gasteiger partial charge < -0.3 is 19.0 Å². The summed E-state index contributed by atoms with van der Waals surface area (Å²) in [6.07, 6.45) is 4.94. The van der Waals surface area contributed by atoms with Gasteiger partial charge in [-0.15, -0.1) is 0 Å². The van der Waals surface area contributed by atoms with Crippen LogP contribution < -0.4 is 4.74 Å². The first-order valence-corrected chi connectivity index (χ1v) is 8.13. The van der Waals surface area contributed by atoms with E-state index in [1.807, 2.05) is 31.2 Å². The molecule has 132 valence electrons. The highest BCUT2D eigenvalue weighted by Crippen LogP contribution is 2.18. The number of rotatable bonds is 11. The third-order valence-electron chi connectivity index (χ3n) is 3.60. The van der Waals surface area contributed by atoms with Gasteiger partial charge in [-0.1, -0.05) is 25.1 Å². The molecule has 1 rings (SSSR count). The zero-order valence-electron chi connectivity index (χ0n) is 14.6. The Kier molecular flexibility index (Phi) is 9.46. The van der Waals surface area contributed by atoms with Gasteiger partial charge in [0.05, 0.1) is 26.4 Å². The summed E-state index contributed by atoms with van der Waals surface area (Å²) in [5.41, 5.74) is 1.02.